The van der Waals surface area contributed by atoms with Crippen LogP contribution in [-0.4, -0.2) is 24.2 Å². The number of rotatable bonds is 7. The molecule has 1 aliphatic rings. The zero-order valence-electron chi connectivity index (χ0n) is 11.7. The summed E-state index contributed by atoms with van der Waals surface area (Å²) in [5, 5.41) is 12.6. The fourth-order valence-electron chi connectivity index (χ4n) is 2.89. The molecule has 0 unspecified atom stereocenters. The van der Waals surface area contributed by atoms with Crippen molar-refractivity contribution >= 4 is 5.97 Å². The summed E-state index contributed by atoms with van der Waals surface area (Å²) in [7, 11) is 0. The lowest BCUT2D eigenvalue weighted by Crippen LogP contribution is -2.47. The van der Waals surface area contributed by atoms with E-state index in [1.54, 1.807) is 0 Å². The van der Waals surface area contributed by atoms with Gasteiger partial charge in [0.05, 0.1) is 5.41 Å². The third-order valence-corrected chi connectivity index (χ3v) is 3.79. The molecule has 0 radical (unpaired) electrons. The van der Waals surface area contributed by atoms with E-state index >= 15 is 0 Å². The third-order valence-electron chi connectivity index (χ3n) is 3.79. The van der Waals surface area contributed by atoms with E-state index in [9.17, 15) is 9.90 Å². The van der Waals surface area contributed by atoms with Gasteiger partial charge in [-0.3, -0.25) is 4.79 Å². The van der Waals surface area contributed by atoms with Crippen molar-refractivity contribution in [3.63, 3.8) is 0 Å². The molecule has 0 bridgehead atoms. The molecule has 0 aliphatic heterocycles. The Labute approximate surface area is 105 Å². The first kappa shape index (κ1) is 14.5. The van der Waals surface area contributed by atoms with E-state index in [1.807, 2.05) is 0 Å². The molecule has 3 nitrogen and oxygen atoms in total. The highest BCUT2D eigenvalue weighted by atomic mass is 16.4. The number of carboxylic acid groups (broad SMARTS) is 1. The molecule has 3 heteroatoms. The number of aliphatic carboxylic acids is 1. The van der Waals surface area contributed by atoms with E-state index in [2.05, 4.69) is 33.0 Å². The highest BCUT2D eigenvalue weighted by molar-refractivity contribution is 5.76. The van der Waals surface area contributed by atoms with E-state index in [0.717, 1.165) is 25.8 Å². The second-order valence-corrected chi connectivity index (χ2v) is 6.80. The minimum Gasteiger partial charge on any atom is -0.481 e. The first-order valence-corrected chi connectivity index (χ1v) is 6.72. The predicted octanol–water partition coefficient (Wildman–Crippen LogP) is 2.90. The number of carboxylic acids is 1. The minimum atomic E-state index is -0.627. The average molecular weight is 241 g/mol. The van der Waals surface area contributed by atoms with Crippen LogP contribution in [0.3, 0.4) is 0 Å². The van der Waals surface area contributed by atoms with Crippen LogP contribution >= 0.6 is 0 Å². The molecule has 1 fully saturated rings. The van der Waals surface area contributed by atoms with Crippen molar-refractivity contribution in [1.82, 2.24) is 5.32 Å². The second-order valence-electron chi connectivity index (χ2n) is 6.80. The van der Waals surface area contributed by atoms with E-state index in [0.29, 0.717) is 12.5 Å². The lowest BCUT2D eigenvalue weighted by molar-refractivity contribution is -0.154. The summed E-state index contributed by atoms with van der Waals surface area (Å²) < 4.78 is 0. The number of hydrogen-bond acceptors (Lipinski definition) is 2. The monoisotopic (exact) mass is 241 g/mol. The van der Waals surface area contributed by atoms with Gasteiger partial charge in [-0.25, -0.2) is 0 Å². The quantitative estimate of drug-likeness (QED) is 0.720. The van der Waals surface area contributed by atoms with Gasteiger partial charge in [-0.1, -0.05) is 34.1 Å². The van der Waals surface area contributed by atoms with Crippen molar-refractivity contribution in [3.8, 4) is 0 Å². The molecule has 1 rings (SSSR count). The summed E-state index contributed by atoms with van der Waals surface area (Å²) in [5.41, 5.74) is -0.217. The molecule has 17 heavy (non-hydrogen) atoms. The molecule has 0 atom stereocenters. The van der Waals surface area contributed by atoms with Gasteiger partial charge in [0.15, 0.2) is 0 Å². The molecular weight excluding hydrogens is 214 g/mol. The normalized spacial score (nSPS) is 19.1. The molecular formula is C14H27NO2. The summed E-state index contributed by atoms with van der Waals surface area (Å²) in [6.07, 6.45) is 3.89. The molecule has 0 saturated heterocycles. The summed E-state index contributed by atoms with van der Waals surface area (Å²) in [6.45, 7) is 10.5. The Kier molecular flexibility index (Phi) is 4.59. The van der Waals surface area contributed by atoms with E-state index in [1.165, 1.54) is 6.42 Å². The first-order chi connectivity index (χ1) is 7.77. The van der Waals surface area contributed by atoms with Crippen LogP contribution in [0.1, 0.15) is 53.4 Å². The number of carbonyl (C=O) groups is 1. The SMILES string of the molecule is CC(C)CC(C)(C)CNCC1(C(=O)O)CCC1. The van der Waals surface area contributed by atoms with Gasteiger partial charge < -0.3 is 10.4 Å². The van der Waals surface area contributed by atoms with Gasteiger partial charge in [0.1, 0.15) is 0 Å². The first-order valence-electron chi connectivity index (χ1n) is 6.72. The predicted molar refractivity (Wildman–Crippen MR) is 70.0 cm³/mol. The third kappa shape index (κ3) is 3.98. The fourth-order valence-corrected chi connectivity index (χ4v) is 2.89. The highest BCUT2D eigenvalue weighted by Gasteiger charge is 2.44. The fraction of sp³-hybridized carbons (Fsp3) is 0.929. The van der Waals surface area contributed by atoms with Crippen molar-refractivity contribution in [1.29, 1.82) is 0 Å². The second kappa shape index (κ2) is 5.38. The molecule has 2 N–H and O–H groups in total. The van der Waals surface area contributed by atoms with Crippen molar-refractivity contribution in [2.45, 2.75) is 53.4 Å². The van der Waals surface area contributed by atoms with Gasteiger partial charge in [0, 0.05) is 13.1 Å². The van der Waals surface area contributed by atoms with Crippen LogP contribution < -0.4 is 5.32 Å². The lowest BCUT2D eigenvalue weighted by Gasteiger charge is -2.39. The molecule has 1 aliphatic carbocycles. The number of hydrogen-bond donors (Lipinski definition) is 2. The zero-order chi connectivity index (χ0) is 13.1. The lowest BCUT2D eigenvalue weighted by atomic mass is 9.68. The van der Waals surface area contributed by atoms with Crippen LogP contribution in [0.5, 0.6) is 0 Å². The van der Waals surface area contributed by atoms with Gasteiger partial charge in [0.2, 0.25) is 0 Å². The minimum absolute atomic E-state index is 0.248. The molecule has 0 heterocycles. The molecule has 0 aromatic rings. The van der Waals surface area contributed by atoms with Crippen molar-refractivity contribution < 1.29 is 9.90 Å². The van der Waals surface area contributed by atoms with Crippen LogP contribution in [0.15, 0.2) is 0 Å². The van der Waals surface area contributed by atoms with Gasteiger partial charge in [0.25, 0.3) is 0 Å². The van der Waals surface area contributed by atoms with Crippen molar-refractivity contribution in [2.75, 3.05) is 13.1 Å². The van der Waals surface area contributed by atoms with Gasteiger partial charge >= 0.3 is 5.97 Å². The molecule has 100 valence electrons. The van der Waals surface area contributed by atoms with Gasteiger partial charge in [-0.05, 0) is 30.6 Å². The van der Waals surface area contributed by atoms with Crippen LogP contribution in [-0.2, 0) is 4.79 Å². The maximum Gasteiger partial charge on any atom is 0.310 e. The van der Waals surface area contributed by atoms with Crippen LogP contribution in [0.25, 0.3) is 0 Å². The van der Waals surface area contributed by atoms with Gasteiger partial charge in [-0.2, -0.15) is 0 Å². The maximum absolute atomic E-state index is 11.2. The zero-order valence-corrected chi connectivity index (χ0v) is 11.7. The Morgan fingerprint density at radius 1 is 1.41 bits per heavy atom. The van der Waals surface area contributed by atoms with E-state index in [-0.39, 0.29) is 5.41 Å². The van der Waals surface area contributed by atoms with E-state index in [4.69, 9.17) is 0 Å². The van der Waals surface area contributed by atoms with Crippen LogP contribution in [0.4, 0.5) is 0 Å². The highest BCUT2D eigenvalue weighted by Crippen LogP contribution is 2.40. The number of nitrogens with one attached hydrogen (secondary N) is 1. The smallest absolute Gasteiger partial charge is 0.310 e. The summed E-state index contributed by atoms with van der Waals surface area (Å²) in [5.74, 6) is 0.0573. The Hall–Kier alpha value is -0.570. The summed E-state index contributed by atoms with van der Waals surface area (Å²) in [6, 6.07) is 0. The molecule has 0 amide bonds. The maximum atomic E-state index is 11.2. The standard InChI is InChI=1S/C14H27NO2/c1-11(2)8-13(3,4)9-15-10-14(12(16)17)6-5-7-14/h11,15H,5-10H2,1-4H3,(H,16,17). The summed E-state index contributed by atoms with van der Waals surface area (Å²) >= 11 is 0. The Morgan fingerprint density at radius 3 is 2.35 bits per heavy atom. The summed E-state index contributed by atoms with van der Waals surface area (Å²) in [4.78, 5) is 11.2. The Morgan fingerprint density at radius 2 is 2.00 bits per heavy atom. The molecule has 0 aromatic carbocycles. The van der Waals surface area contributed by atoms with Crippen LogP contribution in [0, 0.1) is 16.7 Å². The average Bonchev–Trinajstić information content (AvgIpc) is 2.06. The van der Waals surface area contributed by atoms with Crippen molar-refractivity contribution in [3.05, 3.63) is 0 Å². The Balaban J connectivity index is 2.34. The van der Waals surface area contributed by atoms with Crippen molar-refractivity contribution in [2.24, 2.45) is 16.7 Å². The van der Waals surface area contributed by atoms with Crippen LogP contribution in [0.2, 0.25) is 0 Å². The molecule has 0 spiro atoms. The topological polar surface area (TPSA) is 49.3 Å². The molecule has 1 saturated carbocycles. The Bertz CT molecular complexity index is 267. The molecule has 0 aromatic heterocycles. The largest absolute Gasteiger partial charge is 0.481 e. The van der Waals surface area contributed by atoms with E-state index < -0.39 is 11.4 Å². The van der Waals surface area contributed by atoms with Gasteiger partial charge in [-0.15, -0.1) is 0 Å².